The SMILES string of the molecule is C=CC(=O)OCCCCC[O]. The summed E-state index contributed by atoms with van der Waals surface area (Å²) in [6.45, 7) is 3.60. The fraction of sp³-hybridized carbons (Fsp3) is 0.625. The molecule has 0 saturated carbocycles. The summed E-state index contributed by atoms with van der Waals surface area (Å²) < 4.78 is 4.68. The van der Waals surface area contributed by atoms with Gasteiger partial charge in [-0.3, -0.25) is 0 Å². The Morgan fingerprint density at radius 3 is 2.64 bits per heavy atom. The molecule has 3 heteroatoms. The molecule has 0 aromatic rings. The van der Waals surface area contributed by atoms with E-state index < -0.39 is 5.97 Å². The van der Waals surface area contributed by atoms with E-state index in [0.29, 0.717) is 13.0 Å². The van der Waals surface area contributed by atoms with Gasteiger partial charge in [-0.2, -0.15) is 0 Å². The molecule has 0 aliphatic rings. The number of ether oxygens (including phenoxy) is 1. The number of hydrogen-bond acceptors (Lipinski definition) is 2. The van der Waals surface area contributed by atoms with Gasteiger partial charge in [0, 0.05) is 6.08 Å². The molecule has 0 atom stereocenters. The van der Waals surface area contributed by atoms with Gasteiger partial charge >= 0.3 is 5.97 Å². The van der Waals surface area contributed by atoms with Gasteiger partial charge in [0.1, 0.15) is 0 Å². The summed E-state index contributed by atoms with van der Waals surface area (Å²) >= 11 is 0. The molecule has 0 N–H and O–H groups in total. The van der Waals surface area contributed by atoms with E-state index in [-0.39, 0.29) is 6.61 Å². The molecule has 0 heterocycles. The Labute approximate surface area is 66.7 Å². The minimum absolute atomic E-state index is 0.0462. The Balaban J connectivity index is 3.01. The van der Waals surface area contributed by atoms with E-state index in [4.69, 9.17) is 0 Å². The predicted molar refractivity (Wildman–Crippen MR) is 40.6 cm³/mol. The highest BCUT2D eigenvalue weighted by atomic mass is 16.5. The van der Waals surface area contributed by atoms with E-state index in [1.807, 2.05) is 0 Å². The molecule has 0 aliphatic heterocycles. The zero-order valence-corrected chi connectivity index (χ0v) is 6.54. The van der Waals surface area contributed by atoms with Gasteiger partial charge in [-0.15, -0.1) is 0 Å². The van der Waals surface area contributed by atoms with Crippen LogP contribution in [-0.2, 0) is 14.6 Å². The number of carbonyl (C=O) groups is 1. The van der Waals surface area contributed by atoms with Crippen molar-refractivity contribution < 1.29 is 14.6 Å². The highest BCUT2D eigenvalue weighted by Crippen LogP contribution is 1.94. The van der Waals surface area contributed by atoms with Crippen molar-refractivity contribution in [3.05, 3.63) is 12.7 Å². The van der Waals surface area contributed by atoms with E-state index in [0.717, 1.165) is 18.9 Å². The van der Waals surface area contributed by atoms with Crippen molar-refractivity contribution in [2.45, 2.75) is 19.3 Å². The molecule has 0 aromatic carbocycles. The fourth-order valence-corrected chi connectivity index (χ4v) is 0.613. The third-order valence-electron chi connectivity index (χ3n) is 1.20. The molecule has 63 valence electrons. The fourth-order valence-electron chi connectivity index (χ4n) is 0.613. The van der Waals surface area contributed by atoms with Gasteiger partial charge in [-0.05, 0) is 19.3 Å². The van der Waals surface area contributed by atoms with Crippen LogP contribution in [0.4, 0.5) is 0 Å². The number of carbonyl (C=O) groups excluding carboxylic acids is 1. The summed E-state index contributed by atoms with van der Waals surface area (Å²) in [5.41, 5.74) is 0. The van der Waals surface area contributed by atoms with Gasteiger partial charge in [-0.25, -0.2) is 9.90 Å². The molecule has 0 fully saturated rings. The Kier molecular flexibility index (Phi) is 6.73. The highest BCUT2D eigenvalue weighted by molar-refractivity contribution is 5.81. The zero-order chi connectivity index (χ0) is 8.53. The van der Waals surface area contributed by atoms with Crippen LogP contribution < -0.4 is 0 Å². The zero-order valence-electron chi connectivity index (χ0n) is 6.54. The largest absolute Gasteiger partial charge is 0.463 e. The van der Waals surface area contributed by atoms with Crippen LogP contribution in [0.2, 0.25) is 0 Å². The lowest BCUT2D eigenvalue weighted by atomic mass is 10.2. The quantitative estimate of drug-likeness (QED) is 0.331. The second-order valence-electron chi connectivity index (χ2n) is 2.14. The maximum atomic E-state index is 10.4. The Hall–Kier alpha value is -0.830. The summed E-state index contributed by atoms with van der Waals surface area (Å²) in [7, 11) is 0. The monoisotopic (exact) mass is 157 g/mol. The Morgan fingerprint density at radius 1 is 1.36 bits per heavy atom. The van der Waals surface area contributed by atoms with E-state index >= 15 is 0 Å². The lowest BCUT2D eigenvalue weighted by Gasteiger charge is -1.99. The van der Waals surface area contributed by atoms with E-state index in [1.54, 1.807) is 0 Å². The predicted octanol–water partition coefficient (Wildman–Crippen LogP) is 1.32. The standard InChI is InChI=1S/C8H13O3/c1-2-8(10)11-7-5-3-4-6-9/h2H,1,3-7H2. The number of rotatable bonds is 6. The molecule has 0 amide bonds. The van der Waals surface area contributed by atoms with Crippen LogP contribution in [0.3, 0.4) is 0 Å². The van der Waals surface area contributed by atoms with Crippen molar-refractivity contribution in [2.75, 3.05) is 13.2 Å². The van der Waals surface area contributed by atoms with Gasteiger partial charge in [-0.1, -0.05) is 6.58 Å². The molecule has 0 saturated heterocycles. The molecule has 0 aromatic heterocycles. The molecular weight excluding hydrogens is 144 g/mol. The molecule has 1 radical (unpaired) electrons. The molecule has 11 heavy (non-hydrogen) atoms. The van der Waals surface area contributed by atoms with Crippen LogP contribution in [0.25, 0.3) is 0 Å². The van der Waals surface area contributed by atoms with Crippen LogP contribution in [0.5, 0.6) is 0 Å². The first-order chi connectivity index (χ1) is 5.31. The van der Waals surface area contributed by atoms with Crippen molar-refractivity contribution >= 4 is 5.97 Å². The minimum Gasteiger partial charge on any atom is -0.463 e. The molecule has 0 unspecified atom stereocenters. The van der Waals surface area contributed by atoms with Gasteiger partial charge in [0.15, 0.2) is 0 Å². The maximum Gasteiger partial charge on any atom is 0.330 e. The first-order valence-electron chi connectivity index (χ1n) is 3.68. The van der Waals surface area contributed by atoms with Gasteiger partial charge < -0.3 is 4.74 Å². The van der Waals surface area contributed by atoms with Crippen molar-refractivity contribution in [1.29, 1.82) is 0 Å². The second kappa shape index (κ2) is 7.28. The molecular formula is C8H13O3. The van der Waals surface area contributed by atoms with E-state index in [1.165, 1.54) is 0 Å². The minimum atomic E-state index is -0.396. The molecule has 0 bridgehead atoms. The Morgan fingerprint density at radius 2 is 2.09 bits per heavy atom. The van der Waals surface area contributed by atoms with Crippen LogP contribution in [0, 0.1) is 0 Å². The molecule has 0 rings (SSSR count). The highest BCUT2D eigenvalue weighted by Gasteiger charge is 1.93. The maximum absolute atomic E-state index is 10.4. The van der Waals surface area contributed by atoms with E-state index in [2.05, 4.69) is 11.3 Å². The lowest BCUT2D eigenvalue weighted by molar-refractivity contribution is -0.137. The number of hydrogen-bond donors (Lipinski definition) is 0. The lowest BCUT2D eigenvalue weighted by Crippen LogP contribution is -2.01. The summed E-state index contributed by atoms with van der Waals surface area (Å²) in [6.07, 6.45) is 3.38. The third kappa shape index (κ3) is 7.06. The normalized spacial score (nSPS) is 9.18. The Bertz CT molecular complexity index is 121. The third-order valence-corrected chi connectivity index (χ3v) is 1.20. The smallest absolute Gasteiger partial charge is 0.330 e. The molecule has 0 spiro atoms. The summed E-state index contributed by atoms with van der Waals surface area (Å²) in [6, 6.07) is 0. The van der Waals surface area contributed by atoms with Crippen LogP contribution in [-0.4, -0.2) is 19.2 Å². The van der Waals surface area contributed by atoms with Crippen molar-refractivity contribution in [1.82, 2.24) is 0 Å². The average molecular weight is 157 g/mol. The summed E-state index contributed by atoms with van der Waals surface area (Å²) in [5, 5.41) is 9.96. The van der Waals surface area contributed by atoms with E-state index in [9.17, 15) is 9.90 Å². The van der Waals surface area contributed by atoms with Crippen molar-refractivity contribution in [3.8, 4) is 0 Å². The van der Waals surface area contributed by atoms with Gasteiger partial charge in [0.25, 0.3) is 0 Å². The second-order valence-corrected chi connectivity index (χ2v) is 2.14. The van der Waals surface area contributed by atoms with Crippen LogP contribution >= 0.6 is 0 Å². The first kappa shape index (κ1) is 10.2. The average Bonchev–Trinajstić information content (AvgIpc) is 2.04. The molecule has 0 aliphatic carbocycles. The van der Waals surface area contributed by atoms with Crippen molar-refractivity contribution in [2.24, 2.45) is 0 Å². The number of esters is 1. The molecule has 3 nitrogen and oxygen atoms in total. The van der Waals surface area contributed by atoms with Crippen LogP contribution in [0.1, 0.15) is 19.3 Å². The topological polar surface area (TPSA) is 46.2 Å². The van der Waals surface area contributed by atoms with Crippen molar-refractivity contribution in [3.63, 3.8) is 0 Å². The van der Waals surface area contributed by atoms with Gasteiger partial charge in [0.05, 0.1) is 13.2 Å². The first-order valence-corrected chi connectivity index (χ1v) is 3.68. The summed E-state index contributed by atoms with van der Waals surface area (Å²) in [5.74, 6) is -0.396. The van der Waals surface area contributed by atoms with Gasteiger partial charge in [0.2, 0.25) is 0 Å². The van der Waals surface area contributed by atoms with Crippen LogP contribution in [0.15, 0.2) is 12.7 Å². The number of unbranched alkanes of at least 4 members (excludes halogenated alkanes) is 2. The summed E-state index contributed by atoms with van der Waals surface area (Å²) in [4.78, 5) is 10.4.